The van der Waals surface area contributed by atoms with Gasteiger partial charge in [0.2, 0.25) is 11.7 Å². The van der Waals surface area contributed by atoms with E-state index in [4.69, 9.17) is 19.0 Å². The number of aryl methyl sites for hydroxylation is 1. The number of H-pyrrole nitrogens is 1. The SMILES string of the molecule is COc1cccc(-c2noc(CSc3nc4cc(C)[nH]c4c(=O)n3CCC(C)C)n2)c1OC. The number of fused-ring (bicyclic) bond motifs is 1. The van der Waals surface area contributed by atoms with Gasteiger partial charge in [0.15, 0.2) is 16.7 Å². The van der Waals surface area contributed by atoms with Crippen molar-refractivity contribution in [2.24, 2.45) is 5.92 Å². The van der Waals surface area contributed by atoms with E-state index in [2.05, 4.69) is 29.0 Å². The highest BCUT2D eigenvalue weighted by molar-refractivity contribution is 7.98. The van der Waals surface area contributed by atoms with Crippen LogP contribution in [0.15, 0.2) is 38.7 Å². The summed E-state index contributed by atoms with van der Waals surface area (Å²) < 4.78 is 18.0. The van der Waals surface area contributed by atoms with Gasteiger partial charge in [0.1, 0.15) is 5.52 Å². The third kappa shape index (κ3) is 4.75. The van der Waals surface area contributed by atoms with E-state index in [1.165, 1.54) is 11.8 Å². The van der Waals surface area contributed by atoms with Gasteiger partial charge in [0.05, 0.1) is 31.1 Å². The average molecular weight is 470 g/mol. The molecule has 0 unspecified atom stereocenters. The number of benzene rings is 1. The first-order valence-corrected chi connectivity index (χ1v) is 11.7. The molecule has 0 atom stereocenters. The van der Waals surface area contributed by atoms with Gasteiger partial charge < -0.3 is 19.0 Å². The minimum atomic E-state index is -0.0661. The molecule has 0 aliphatic carbocycles. The van der Waals surface area contributed by atoms with E-state index < -0.39 is 0 Å². The Kier molecular flexibility index (Phi) is 6.73. The van der Waals surface area contributed by atoms with Crippen molar-refractivity contribution in [1.82, 2.24) is 24.7 Å². The maximum Gasteiger partial charge on any atom is 0.278 e. The summed E-state index contributed by atoms with van der Waals surface area (Å²) in [6.45, 7) is 6.78. The van der Waals surface area contributed by atoms with Crippen LogP contribution in [0.25, 0.3) is 22.4 Å². The monoisotopic (exact) mass is 469 g/mol. The van der Waals surface area contributed by atoms with Gasteiger partial charge in [0, 0.05) is 12.2 Å². The first-order valence-electron chi connectivity index (χ1n) is 10.7. The fraction of sp³-hybridized carbons (Fsp3) is 0.391. The fourth-order valence-corrected chi connectivity index (χ4v) is 4.38. The molecular formula is C23H27N5O4S. The Morgan fingerprint density at radius 3 is 2.76 bits per heavy atom. The lowest BCUT2D eigenvalue weighted by atomic mass is 10.1. The second kappa shape index (κ2) is 9.70. The van der Waals surface area contributed by atoms with Crippen LogP contribution in [0, 0.1) is 12.8 Å². The van der Waals surface area contributed by atoms with Gasteiger partial charge >= 0.3 is 0 Å². The van der Waals surface area contributed by atoms with E-state index in [0.717, 1.165) is 12.1 Å². The third-order valence-electron chi connectivity index (χ3n) is 5.20. The predicted molar refractivity (Wildman–Crippen MR) is 127 cm³/mol. The van der Waals surface area contributed by atoms with Crippen LogP contribution >= 0.6 is 11.8 Å². The Morgan fingerprint density at radius 2 is 2.03 bits per heavy atom. The van der Waals surface area contributed by atoms with Crippen LogP contribution in [-0.2, 0) is 12.3 Å². The molecule has 0 radical (unpaired) electrons. The first-order chi connectivity index (χ1) is 15.9. The van der Waals surface area contributed by atoms with Crippen molar-refractivity contribution in [3.63, 3.8) is 0 Å². The Balaban J connectivity index is 1.61. The van der Waals surface area contributed by atoms with E-state index in [1.54, 1.807) is 24.9 Å². The molecule has 3 aromatic heterocycles. The van der Waals surface area contributed by atoms with Gasteiger partial charge in [-0.15, -0.1) is 0 Å². The van der Waals surface area contributed by atoms with Gasteiger partial charge in [-0.05, 0) is 37.5 Å². The van der Waals surface area contributed by atoms with Gasteiger partial charge in [-0.1, -0.05) is 36.8 Å². The summed E-state index contributed by atoms with van der Waals surface area (Å²) in [5, 5.41) is 4.74. The summed E-state index contributed by atoms with van der Waals surface area (Å²) in [5.74, 6) is 2.80. The number of nitrogens with zero attached hydrogens (tertiary/aromatic N) is 4. The van der Waals surface area contributed by atoms with Gasteiger partial charge in [-0.3, -0.25) is 9.36 Å². The molecule has 33 heavy (non-hydrogen) atoms. The summed E-state index contributed by atoms with van der Waals surface area (Å²) in [7, 11) is 3.15. The highest BCUT2D eigenvalue weighted by Crippen LogP contribution is 2.36. The number of thioether (sulfide) groups is 1. The lowest BCUT2D eigenvalue weighted by molar-refractivity contribution is 0.355. The maximum absolute atomic E-state index is 13.1. The molecule has 0 aliphatic rings. The number of hydrogen-bond acceptors (Lipinski definition) is 8. The van der Waals surface area contributed by atoms with Crippen LogP contribution in [0.3, 0.4) is 0 Å². The highest BCUT2D eigenvalue weighted by Gasteiger charge is 2.19. The molecule has 3 heterocycles. The number of rotatable bonds is 9. The molecule has 1 aromatic carbocycles. The Labute approximate surface area is 195 Å². The minimum Gasteiger partial charge on any atom is -0.493 e. The summed E-state index contributed by atoms with van der Waals surface area (Å²) in [6.07, 6.45) is 0.876. The van der Waals surface area contributed by atoms with Crippen molar-refractivity contribution in [1.29, 1.82) is 0 Å². The molecule has 0 aliphatic heterocycles. The minimum absolute atomic E-state index is 0.0661. The van der Waals surface area contributed by atoms with E-state index in [9.17, 15) is 4.79 Å². The van der Waals surface area contributed by atoms with Crippen molar-refractivity contribution in [3.05, 3.63) is 46.2 Å². The molecule has 10 heteroatoms. The van der Waals surface area contributed by atoms with E-state index in [0.29, 0.717) is 63.2 Å². The molecule has 4 aromatic rings. The van der Waals surface area contributed by atoms with Gasteiger partial charge in [-0.25, -0.2) is 4.98 Å². The molecule has 0 spiro atoms. The standard InChI is InChI=1S/C23H27N5O4S/c1-13(2)9-10-28-22(29)19-16(11-14(3)24-19)25-23(28)33-12-18-26-21(27-32-18)15-7-6-8-17(30-4)20(15)31-5/h6-8,11,13,24H,9-10,12H2,1-5H3. The van der Waals surface area contributed by atoms with Crippen molar-refractivity contribution in [2.75, 3.05) is 14.2 Å². The third-order valence-corrected chi connectivity index (χ3v) is 6.17. The lowest BCUT2D eigenvalue weighted by Crippen LogP contribution is -2.24. The van der Waals surface area contributed by atoms with E-state index in [1.807, 2.05) is 25.1 Å². The Hall–Kier alpha value is -3.27. The van der Waals surface area contributed by atoms with Gasteiger partial charge in [0.25, 0.3) is 5.56 Å². The average Bonchev–Trinajstić information content (AvgIpc) is 3.42. The predicted octanol–water partition coefficient (Wildman–Crippen LogP) is 4.44. The second-order valence-electron chi connectivity index (χ2n) is 8.09. The zero-order valence-electron chi connectivity index (χ0n) is 19.3. The maximum atomic E-state index is 13.1. The molecule has 174 valence electrons. The number of nitrogens with one attached hydrogen (secondary N) is 1. The van der Waals surface area contributed by atoms with Crippen LogP contribution in [0.4, 0.5) is 0 Å². The van der Waals surface area contributed by atoms with Crippen molar-refractivity contribution in [2.45, 2.75) is 44.6 Å². The molecule has 9 nitrogen and oxygen atoms in total. The number of aromatic amines is 1. The summed E-state index contributed by atoms with van der Waals surface area (Å²) in [6, 6.07) is 7.37. The molecule has 4 rings (SSSR count). The van der Waals surface area contributed by atoms with E-state index >= 15 is 0 Å². The van der Waals surface area contributed by atoms with Crippen LogP contribution in [0.2, 0.25) is 0 Å². The first kappa shape index (κ1) is 22.9. The zero-order valence-corrected chi connectivity index (χ0v) is 20.2. The quantitative estimate of drug-likeness (QED) is 0.283. The Bertz CT molecular complexity index is 1320. The summed E-state index contributed by atoms with van der Waals surface area (Å²) >= 11 is 1.40. The fourth-order valence-electron chi connectivity index (χ4n) is 3.52. The zero-order chi connectivity index (χ0) is 23.5. The van der Waals surface area contributed by atoms with E-state index in [-0.39, 0.29) is 5.56 Å². The molecule has 1 N–H and O–H groups in total. The molecular weight excluding hydrogens is 442 g/mol. The largest absolute Gasteiger partial charge is 0.493 e. The smallest absolute Gasteiger partial charge is 0.278 e. The second-order valence-corrected chi connectivity index (χ2v) is 9.03. The summed E-state index contributed by atoms with van der Waals surface area (Å²) in [5.41, 5.74) is 2.71. The molecule has 0 amide bonds. The lowest BCUT2D eigenvalue weighted by Gasteiger charge is -2.12. The van der Waals surface area contributed by atoms with Crippen molar-refractivity contribution < 1.29 is 14.0 Å². The van der Waals surface area contributed by atoms with Crippen LogP contribution < -0.4 is 15.0 Å². The molecule has 0 fully saturated rings. The topological polar surface area (TPSA) is 108 Å². The summed E-state index contributed by atoms with van der Waals surface area (Å²) in [4.78, 5) is 25.5. The van der Waals surface area contributed by atoms with Crippen LogP contribution in [0.1, 0.15) is 31.9 Å². The van der Waals surface area contributed by atoms with Crippen LogP contribution in [-0.4, -0.2) is 38.9 Å². The van der Waals surface area contributed by atoms with Crippen molar-refractivity contribution >= 4 is 22.8 Å². The molecule has 0 bridgehead atoms. The molecule has 0 saturated heterocycles. The van der Waals surface area contributed by atoms with Crippen LogP contribution in [0.5, 0.6) is 11.5 Å². The number of ether oxygens (including phenoxy) is 2. The van der Waals surface area contributed by atoms with Gasteiger partial charge in [-0.2, -0.15) is 4.98 Å². The number of para-hydroxylation sites is 1. The number of hydrogen-bond donors (Lipinski definition) is 1. The highest BCUT2D eigenvalue weighted by atomic mass is 32.2. The molecule has 0 saturated carbocycles. The van der Waals surface area contributed by atoms with Crippen molar-refractivity contribution in [3.8, 4) is 22.9 Å². The number of methoxy groups -OCH3 is 2. The Morgan fingerprint density at radius 1 is 1.21 bits per heavy atom. The normalized spacial score (nSPS) is 11.5. The number of aromatic nitrogens is 5.